The number of hydrogen-bond donors (Lipinski definition) is 8. The Morgan fingerprint density at radius 3 is 1.37 bits per heavy atom. The normalized spacial score (nSPS) is 10.2. The van der Waals surface area contributed by atoms with Crippen LogP contribution in [0.2, 0.25) is 5.02 Å². The monoisotopic (exact) mass is 750 g/mol. The third kappa shape index (κ3) is 10.8. The number of thiocarbonyl (C=S) groups is 2. The van der Waals surface area contributed by atoms with Crippen LogP contribution in [-0.4, -0.2) is 37.7 Å². The number of hydrogen-bond acceptors (Lipinski definition) is 11. The molecule has 0 atom stereocenters. The van der Waals surface area contributed by atoms with Crippen molar-refractivity contribution in [2.24, 2.45) is 0 Å². The summed E-state index contributed by atoms with van der Waals surface area (Å²) in [5, 5.41) is 20.8. The Hall–Kier alpha value is -5.33. The number of aromatic nitrogens is 4. The third-order valence-electron chi connectivity index (χ3n) is 6.23. The minimum Gasteiger partial charge on any atom is -0.497 e. The molecule has 0 aliphatic heterocycles. The smallest absolute Gasteiger partial charge is 0.284 e. The maximum Gasteiger partial charge on any atom is 0.284 e. The van der Waals surface area contributed by atoms with E-state index in [2.05, 4.69) is 52.7 Å². The number of ether oxygens (including phenoxy) is 1. The second kappa shape index (κ2) is 17.2. The molecule has 0 saturated heterocycles. The summed E-state index contributed by atoms with van der Waals surface area (Å²) < 4.78 is 15.6. The molecule has 8 N–H and O–H groups in total. The van der Waals surface area contributed by atoms with E-state index in [-0.39, 0.29) is 9.67 Å². The molecule has 49 heavy (non-hydrogen) atoms. The number of hydrazine groups is 2. The standard InChI is InChI=1S/C16H15N5O2S2.C15H12ClN5OS2/c1-22-13-8-6-12(7-9-13)18-20-15(24)17-11-4-2-10(3-5-11)14-19-21-16(25)23-14;16-10-3-7-12(8-4-10)18-20-14(23)17-11-5-1-9(2-6-11)13-19-21-15(24)22-13/h2-9,18H,1H3,(H,21,25)(H2,17,20,24);1-8,18H,(H,21,24)(H2,17,20,23). The van der Waals surface area contributed by atoms with E-state index in [9.17, 15) is 0 Å². The second-order valence-corrected chi connectivity index (χ2v) is 11.6. The van der Waals surface area contributed by atoms with Crippen molar-refractivity contribution < 1.29 is 13.6 Å². The number of H-pyrrole nitrogens is 2. The molecule has 0 saturated carbocycles. The summed E-state index contributed by atoms with van der Waals surface area (Å²) in [6.07, 6.45) is 0. The van der Waals surface area contributed by atoms with Crippen LogP contribution in [0, 0.1) is 9.67 Å². The Bertz CT molecular complexity index is 2100. The lowest BCUT2D eigenvalue weighted by atomic mass is 10.2. The van der Waals surface area contributed by atoms with Crippen molar-refractivity contribution in [1.82, 2.24) is 31.2 Å². The number of benzene rings is 4. The van der Waals surface area contributed by atoms with Crippen molar-refractivity contribution in [2.45, 2.75) is 0 Å². The number of rotatable bonds is 9. The van der Waals surface area contributed by atoms with Crippen LogP contribution in [0.15, 0.2) is 106 Å². The molecule has 4 aromatic carbocycles. The fourth-order valence-corrected chi connectivity index (χ4v) is 4.60. The van der Waals surface area contributed by atoms with Crippen LogP contribution in [0.25, 0.3) is 22.9 Å². The van der Waals surface area contributed by atoms with Gasteiger partial charge in [-0.15, -0.1) is 10.2 Å². The van der Waals surface area contributed by atoms with Gasteiger partial charge in [-0.3, -0.25) is 21.7 Å². The van der Waals surface area contributed by atoms with Gasteiger partial charge in [0, 0.05) is 27.5 Å². The minimum absolute atomic E-state index is 0.242. The van der Waals surface area contributed by atoms with E-state index in [0.29, 0.717) is 27.0 Å². The molecule has 6 aromatic rings. The second-order valence-electron chi connectivity index (χ2n) is 9.63. The van der Waals surface area contributed by atoms with Crippen molar-refractivity contribution in [1.29, 1.82) is 0 Å². The molecule has 0 aliphatic carbocycles. The SMILES string of the molecule is COc1ccc(NNC(=S)Nc2ccc(-c3n[nH]c(=S)o3)cc2)cc1.S=C(NNc1ccc(Cl)cc1)Nc1ccc(-c2n[nH]c(=S)o2)cc1. The highest BCUT2D eigenvalue weighted by Crippen LogP contribution is 2.21. The molecule has 0 spiro atoms. The van der Waals surface area contributed by atoms with Gasteiger partial charge in [0.2, 0.25) is 11.8 Å². The largest absolute Gasteiger partial charge is 0.497 e. The fourth-order valence-electron chi connectivity index (χ4n) is 3.89. The molecule has 18 heteroatoms. The summed E-state index contributed by atoms with van der Waals surface area (Å²) in [6.45, 7) is 0. The Morgan fingerprint density at radius 2 is 1.00 bits per heavy atom. The van der Waals surface area contributed by atoms with Gasteiger partial charge >= 0.3 is 0 Å². The number of nitrogens with zero attached hydrogens (tertiary/aromatic N) is 2. The van der Waals surface area contributed by atoms with Crippen molar-refractivity contribution >= 4 is 93.4 Å². The maximum atomic E-state index is 5.83. The molecular formula is C31H27ClN10O3S4. The van der Waals surface area contributed by atoms with Gasteiger partial charge in [-0.1, -0.05) is 11.6 Å². The van der Waals surface area contributed by atoms with Crippen molar-refractivity contribution in [3.05, 3.63) is 112 Å². The third-order valence-corrected chi connectivity index (χ3v) is 7.24. The predicted molar refractivity (Wildman–Crippen MR) is 205 cm³/mol. The topological polar surface area (TPSA) is 165 Å². The predicted octanol–water partition coefficient (Wildman–Crippen LogP) is 8.09. The molecule has 0 aliphatic rings. The van der Waals surface area contributed by atoms with Crippen molar-refractivity contribution in [2.75, 3.05) is 28.6 Å². The van der Waals surface area contributed by atoms with Crippen LogP contribution in [0.4, 0.5) is 22.7 Å². The van der Waals surface area contributed by atoms with E-state index in [1.165, 1.54) is 0 Å². The van der Waals surface area contributed by atoms with Crippen molar-refractivity contribution in [3.8, 4) is 28.7 Å². The minimum atomic E-state index is 0.242. The highest BCUT2D eigenvalue weighted by Gasteiger charge is 2.06. The maximum absolute atomic E-state index is 5.83. The van der Waals surface area contributed by atoms with Gasteiger partial charge in [0.1, 0.15) is 5.75 Å². The number of halogens is 1. The van der Waals surface area contributed by atoms with Crippen LogP contribution in [-0.2, 0) is 0 Å². The molecule has 13 nitrogen and oxygen atoms in total. The number of aromatic amines is 2. The molecule has 0 fully saturated rings. The summed E-state index contributed by atoms with van der Waals surface area (Å²) in [4.78, 5) is 0.484. The first kappa shape index (κ1) is 35.0. The summed E-state index contributed by atoms with van der Waals surface area (Å²) >= 11 is 26.0. The van der Waals surface area contributed by atoms with Gasteiger partial charge in [-0.05, 0) is 146 Å². The molecular weight excluding hydrogens is 724 g/mol. The zero-order valence-electron chi connectivity index (χ0n) is 25.4. The molecule has 2 aromatic heterocycles. The molecule has 0 bridgehead atoms. The van der Waals surface area contributed by atoms with Gasteiger partial charge in [-0.25, -0.2) is 10.2 Å². The Morgan fingerprint density at radius 1 is 0.612 bits per heavy atom. The molecule has 2 heterocycles. The lowest BCUT2D eigenvalue weighted by Crippen LogP contribution is -2.33. The summed E-state index contributed by atoms with van der Waals surface area (Å²) in [5.74, 6) is 1.67. The van der Waals surface area contributed by atoms with Crippen LogP contribution >= 0.6 is 60.5 Å². The van der Waals surface area contributed by atoms with Crippen LogP contribution in [0.3, 0.4) is 0 Å². The zero-order chi connectivity index (χ0) is 34.6. The molecule has 250 valence electrons. The average Bonchev–Trinajstić information content (AvgIpc) is 3.76. The van der Waals surface area contributed by atoms with Gasteiger partial charge in [0.25, 0.3) is 9.67 Å². The fraction of sp³-hybridized carbons (Fsp3) is 0.0323. The van der Waals surface area contributed by atoms with E-state index in [1.807, 2.05) is 84.9 Å². The quantitative estimate of drug-likeness (QED) is 0.0528. The van der Waals surface area contributed by atoms with Crippen molar-refractivity contribution in [3.63, 3.8) is 0 Å². The van der Waals surface area contributed by atoms with E-state index in [1.54, 1.807) is 19.2 Å². The van der Waals surface area contributed by atoms with E-state index in [4.69, 9.17) is 74.0 Å². The average molecular weight is 751 g/mol. The lowest BCUT2D eigenvalue weighted by molar-refractivity contribution is 0.415. The molecule has 0 radical (unpaired) electrons. The Kier molecular flexibility index (Phi) is 12.3. The van der Waals surface area contributed by atoms with Gasteiger partial charge in [0.05, 0.1) is 18.5 Å². The molecule has 0 amide bonds. The lowest BCUT2D eigenvalue weighted by Gasteiger charge is -2.13. The van der Waals surface area contributed by atoms with E-state index >= 15 is 0 Å². The van der Waals surface area contributed by atoms with E-state index < -0.39 is 0 Å². The molecule has 6 rings (SSSR count). The number of nitrogens with one attached hydrogen (secondary N) is 8. The van der Waals surface area contributed by atoms with Gasteiger partial charge in [-0.2, -0.15) is 0 Å². The first-order valence-corrected chi connectivity index (χ1v) is 16.1. The van der Waals surface area contributed by atoms with Gasteiger partial charge in [0.15, 0.2) is 10.2 Å². The highest BCUT2D eigenvalue weighted by molar-refractivity contribution is 7.80. The Balaban J connectivity index is 0.000000191. The zero-order valence-corrected chi connectivity index (χ0v) is 29.4. The molecule has 0 unspecified atom stereocenters. The number of anilines is 4. The summed E-state index contributed by atoms with van der Waals surface area (Å²) in [7, 11) is 1.63. The van der Waals surface area contributed by atoms with Crippen LogP contribution in [0.5, 0.6) is 5.75 Å². The first-order valence-electron chi connectivity index (χ1n) is 14.1. The van der Waals surface area contributed by atoms with Crippen LogP contribution in [0.1, 0.15) is 0 Å². The van der Waals surface area contributed by atoms with Gasteiger partial charge < -0.3 is 24.2 Å². The summed E-state index contributed by atoms with van der Waals surface area (Å²) in [6, 6.07) is 29.6. The van der Waals surface area contributed by atoms with Crippen LogP contribution < -0.4 is 37.1 Å². The number of methoxy groups -OCH3 is 1. The summed E-state index contributed by atoms with van der Waals surface area (Å²) in [5.41, 5.74) is 16.8. The van der Waals surface area contributed by atoms with E-state index in [0.717, 1.165) is 39.6 Å². The highest BCUT2D eigenvalue weighted by atomic mass is 35.5. The first-order chi connectivity index (χ1) is 23.7. The Labute approximate surface area is 305 Å².